The predicted octanol–water partition coefficient (Wildman–Crippen LogP) is 1.40. The van der Waals surface area contributed by atoms with Gasteiger partial charge in [0.15, 0.2) is 0 Å². The fourth-order valence-electron chi connectivity index (χ4n) is 2.15. The highest BCUT2D eigenvalue weighted by atomic mass is 16.4. The highest BCUT2D eigenvalue weighted by Gasteiger charge is 2.30. The summed E-state index contributed by atoms with van der Waals surface area (Å²) in [5, 5.41) is 11.6. The standard InChI is InChI=1S/C14H20N2O4/c1-10(12-3-2-8-20-12)15-13(17)9-16(11-4-5-11)7-6-14(18)19/h2-3,8,10-11H,4-7,9H2,1H3,(H,15,17)(H,18,19). The molecule has 1 saturated carbocycles. The number of carboxylic acid groups (broad SMARTS) is 1. The largest absolute Gasteiger partial charge is 0.481 e. The van der Waals surface area contributed by atoms with Crippen LogP contribution in [0, 0.1) is 0 Å². The third-order valence-electron chi connectivity index (χ3n) is 3.37. The van der Waals surface area contributed by atoms with Gasteiger partial charge in [-0.15, -0.1) is 0 Å². The number of hydrogen-bond acceptors (Lipinski definition) is 4. The van der Waals surface area contributed by atoms with Crippen LogP contribution in [0.3, 0.4) is 0 Å². The van der Waals surface area contributed by atoms with Crippen LogP contribution < -0.4 is 5.32 Å². The zero-order valence-electron chi connectivity index (χ0n) is 11.5. The fraction of sp³-hybridized carbons (Fsp3) is 0.571. The summed E-state index contributed by atoms with van der Waals surface area (Å²) in [6, 6.07) is 3.77. The second-order valence-corrected chi connectivity index (χ2v) is 5.15. The molecule has 6 heteroatoms. The molecule has 0 bridgehead atoms. The Labute approximate surface area is 117 Å². The van der Waals surface area contributed by atoms with E-state index < -0.39 is 5.97 Å². The van der Waals surface area contributed by atoms with Crippen molar-refractivity contribution in [3.05, 3.63) is 24.2 Å². The molecule has 2 rings (SSSR count). The summed E-state index contributed by atoms with van der Waals surface area (Å²) in [5.74, 6) is -0.229. The maximum absolute atomic E-state index is 12.0. The van der Waals surface area contributed by atoms with E-state index in [2.05, 4.69) is 5.32 Å². The van der Waals surface area contributed by atoms with Gasteiger partial charge in [-0.05, 0) is 31.9 Å². The molecule has 1 aromatic heterocycles. The lowest BCUT2D eigenvalue weighted by molar-refractivity contribution is -0.137. The van der Waals surface area contributed by atoms with Crippen LogP contribution >= 0.6 is 0 Å². The topological polar surface area (TPSA) is 82.8 Å². The van der Waals surface area contributed by atoms with E-state index >= 15 is 0 Å². The number of amides is 1. The third kappa shape index (κ3) is 4.38. The van der Waals surface area contributed by atoms with Crippen LogP contribution in [0.15, 0.2) is 22.8 Å². The molecule has 2 N–H and O–H groups in total. The molecule has 1 aliphatic carbocycles. The minimum atomic E-state index is -0.833. The van der Waals surface area contributed by atoms with Gasteiger partial charge in [-0.2, -0.15) is 0 Å². The van der Waals surface area contributed by atoms with Crippen molar-refractivity contribution in [1.82, 2.24) is 10.2 Å². The number of nitrogens with one attached hydrogen (secondary N) is 1. The Morgan fingerprint density at radius 3 is 2.85 bits per heavy atom. The Kier molecular flexibility index (Phi) is 4.79. The Balaban J connectivity index is 1.80. The van der Waals surface area contributed by atoms with Crippen LogP contribution in [-0.2, 0) is 9.59 Å². The van der Waals surface area contributed by atoms with Gasteiger partial charge in [0.1, 0.15) is 5.76 Å². The first-order valence-corrected chi connectivity index (χ1v) is 6.85. The quantitative estimate of drug-likeness (QED) is 0.752. The Hall–Kier alpha value is -1.82. The lowest BCUT2D eigenvalue weighted by atomic mass is 10.2. The summed E-state index contributed by atoms with van der Waals surface area (Å²) in [6.45, 7) is 2.51. The zero-order valence-corrected chi connectivity index (χ0v) is 11.5. The number of carbonyl (C=O) groups excluding carboxylic acids is 1. The van der Waals surface area contributed by atoms with Gasteiger partial charge in [0, 0.05) is 12.6 Å². The molecule has 110 valence electrons. The number of aliphatic carboxylic acids is 1. The van der Waals surface area contributed by atoms with Crippen molar-refractivity contribution < 1.29 is 19.1 Å². The van der Waals surface area contributed by atoms with Crippen LogP contribution in [0.4, 0.5) is 0 Å². The van der Waals surface area contributed by atoms with Crippen LogP contribution in [-0.4, -0.2) is 41.0 Å². The molecule has 1 heterocycles. The molecule has 0 saturated heterocycles. The Morgan fingerprint density at radius 2 is 2.30 bits per heavy atom. The smallest absolute Gasteiger partial charge is 0.304 e. The van der Waals surface area contributed by atoms with Crippen molar-refractivity contribution in [2.45, 2.75) is 38.3 Å². The Morgan fingerprint density at radius 1 is 1.55 bits per heavy atom. The van der Waals surface area contributed by atoms with E-state index in [0.717, 1.165) is 12.8 Å². The van der Waals surface area contributed by atoms with E-state index in [4.69, 9.17) is 9.52 Å². The first-order valence-electron chi connectivity index (χ1n) is 6.85. The van der Waals surface area contributed by atoms with Crippen molar-refractivity contribution in [3.63, 3.8) is 0 Å². The van der Waals surface area contributed by atoms with Crippen molar-refractivity contribution >= 4 is 11.9 Å². The van der Waals surface area contributed by atoms with Crippen molar-refractivity contribution in [1.29, 1.82) is 0 Å². The van der Waals surface area contributed by atoms with Crippen LogP contribution in [0.5, 0.6) is 0 Å². The maximum atomic E-state index is 12.0. The highest BCUT2D eigenvalue weighted by Crippen LogP contribution is 2.26. The van der Waals surface area contributed by atoms with Crippen LogP contribution in [0.1, 0.15) is 38.0 Å². The second kappa shape index (κ2) is 6.56. The first-order chi connectivity index (χ1) is 9.56. The Bertz CT molecular complexity index is 454. The number of carbonyl (C=O) groups is 2. The molecule has 1 aliphatic rings. The molecule has 6 nitrogen and oxygen atoms in total. The summed E-state index contributed by atoms with van der Waals surface area (Å²) in [7, 11) is 0. The molecule has 1 fully saturated rings. The zero-order chi connectivity index (χ0) is 14.5. The first kappa shape index (κ1) is 14.6. The molecule has 1 atom stereocenters. The lowest BCUT2D eigenvalue weighted by Crippen LogP contribution is -2.40. The molecule has 20 heavy (non-hydrogen) atoms. The van der Waals surface area contributed by atoms with Crippen LogP contribution in [0.2, 0.25) is 0 Å². The number of furan rings is 1. The number of hydrogen-bond donors (Lipinski definition) is 2. The summed E-state index contributed by atoms with van der Waals surface area (Å²) < 4.78 is 5.23. The maximum Gasteiger partial charge on any atom is 0.304 e. The van der Waals surface area contributed by atoms with E-state index in [1.807, 2.05) is 17.9 Å². The fourth-order valence-corrected chi connectivity index (χ4v) is 2.15. The molecule has 0 spiro atoms. The third-order valence-corrected chi connectivity index (χ3v) is 3.37. The van der Waals surface area contributed by atoms with Crippen molar-refractivity contribution in [2.24, 2.45) is 0 Å². The SMILES string of the molecule is CC(NC(=O)CN(CCC(=O)O)C1CC1)c1ccco1. The van der Waals surface area contributed by atoms with Crippen molar-refractivity contribution in [2.75, 3.05) is 13.1 Å². The monoisotopic (exact) mass is 280 g/mol. The van der Waals surface area contributed by atoms with Gasteiger partial charge in [-0.25, -0.2) is 0 Å². The highest BCUT2D eigenvalue weighted by molar-refractivity contribution is 5.78. The average Bonchev–Trinajstić information content (AvgIpc) is 3.08. The van der Waals surface area contributed by atoms with E-state index in [1.165, 1.54) is 0 Å². The molecule has 0 aromatic carbocycles. The van der Waals surface area contributed by atoms with Gasteiger partial charge in [0.05, 0.1) is 25.3 Å². The van der Waals surface area contributed by atoms with Gasteiger partial charge in [-0.1, -0.05) is 0 Å². The molecular weight excluding hydrogens is 260 g/mol. The van der Waals surface area contributed by atoms with E-state index in [-0.39, 0.29) is 24.9 Å². The van der Waals surface area contributed by atoms with E-state index in [0.29, 0.717) is 18.3 Å². The van der Waals surface area contributed by atoms with Crippen LogP contribution in [0.25, 0.3) is 0 Å². The predicted molar refractivity (Wildman–Crippen MR) is 72.1 cm³/mol. The van der Waals surface area contributed by atoms with E-state index in [1.54, 1.807) is 12.3 Å². The average molecular weight is 280 g/mol. The van der Waals surface area contributed by atoms with Crippen molar-refractivity contribution in [3.8, 4) is 0 Å². The summed E-state index contributed by atoms with van der Waals surface area (Å²) in [6.07, 6.45) is 3.72. The molecule has 0 radical (unpaired) electrons. The van der Waals surface area contributed by atoms with Gasteiger partial charge in [-0.3, -0.25) is 14.5 Å². The van der Waals surface area contributed by atoms with Gasteiger partial charge in [0.2, 0.25) is 5.91 Å². The van der Waals surface area contributed by atoms with Gasteiger partial charge in [0.25, 0.3) is 0 Å². The molecular formula is C14H20N2O4. The minimum absolute atomic E-state index is 0.0670. The lowest BCUT2D eigenvalue weighted by Gasteiger charge is -2.21. The molecule has 1 aromatic rings. The number of nitrogens with zero attached hydrogens (tertiary/aromatic N) is 1. The molecule has 1 amide bonds. The second-order valence-electron chi connectivity index (χ2n) is 5.15. The van der Waals surface area contributed by atoms with Gasteiger partial charge < -0.3 is 14.8 Å². The summed E-state index contributed by atoms with van der Waals surface area (Å²) in [5.41, 5.74) is 0. The summed E-state index contributed by atoms with van der Waals surface area (Å²) in [4.78, 5) is 24.6. The van der Waals surface area contributed by atoms with E-state index in [9.17, 15) is 9.59 Å². The molecule has 1 unspecified atom stereocenters. The molecule has 0 aliphatic heterocycles. The number of carboxylic acids is 1. The number of rotatable bonds is 8. The minimum Gasteiger partial charge on any atom is -0.481 e. The summed E-state index contributed by atoms with van der Waals surface area (Å²) >= 11 is 0. The normalized spacial score (nSPS) is 16.1. The van der Waals surface area contributed by atoms with Gasteiger partial charge >= 0.3 is 5.97 Å².